The molecule has 2 N–H and O–H groups in total. The molecule has 1 fully saturated rings. The van der Waals surface area contributed by atoms with Gasteiger partial charge in [0.05, 0.1) is 24.4 Å². The zero-order chi connectivity index (χ0) is 23.1. The largest absolute Gasteiger partial charge is 0.394 e. The molecule has 2 heterocycles. The van der Waals surface area contributed by atoms with Crippen molar-refractivity contribution in [2.75, 3.05) is 30.4 Å². The van der Waals surface area contributed by atoms with Crippen LogP contribution in [0.4, 0.5) is 25.0 Å². The number of amides is 2. The maximum absolute atomic E-state index is 14.2. The second-order valence-electron chi connectivity index (χ2n) is 9.25. The van der Waals surface area contributed by atoms with Crippen LogP contribution in [-0.4, -0.2) is 42.3 Å². The lowest BCUT2D eigenvalue weighted by Crippen LogP contribution is -2.48. The number of urea groups is 1. The lowest BCUT2D eigenvalue weighted by molar-refractivity contribution is 0.168. The number of likely N-dealkylation sites (tertiary alicyclic amines) is 1. The van der Waals surface area contributed by atoms with Gasteiger partial charge in [0.2, 0.25) is 0 Å². The van der Waals surface area contributed by atoms with E-state index in [0.717, 1.165) is 48.7 Å². The summed E-state index contributed by atoms with van der Waals surface area (Å²) < 4.78 is 27.8. The minimum Gasteiger partial charge on any atom is -0.394 e. The lowest BCUT2D eigenvalue weighted by Gasteiger charge is -2.44. The molecule has 0 unspecified atom stereocenters. The molecular weight excluding hydrogens is 424 g/mol. The van der Waals surface area contributed by atoms with E-state index in [4.69, 9.17) is 0 Å². The molecule has 1 aliphatic carbocycles. The Morgan fingerprint density at radius 2 is 2.03 bits per heavy atom. The molecule has 2 aliphatic heterocycles. The van der Waals surface area contributed by atoms with E-state index in [2.05, 4.69) is 34.5 Å². The van der Waals surface area contributed by atoms with E-state index in [1.807, 2.05) is 7.05 Å². The highest BCUT2D eigenvalue weighted by Crippen LogP contribution is 2.49. The monoisotopic (exact) mass is 453 g/mol. The number of aliphatic hydroxyl groups is 1. The van der Waals surface area contributed by atoms with Gasteiger partial charge in [0, 0.05) is 31.3 Å². The second-order valence-corrected chi connectivity index (χ2v) is 9.25. The van der Waals surface area contributed by atoms with Crippen molar-refractivity contribution in [2.45, 2.75) is 44.2 Å². The number of nitrogens with zero attached hydrogens (tertiary/aromatic N) is 2. The first kappa shape index (κ1) is 21.9. The van der Waals surface area contributed by atoms with Crippen molar-refractivity contribution < 1.29 is 18.7 Å². The summed E-state index contributed by atoms with van der Waals surface area (Å²) in [6, 6.07) is 8.60. The number of rotatable bonds is 3. The van der Waals surface area contributed by atoms with Gasteiger partial charge in [-0.1, -0.05) is 12.1 Å². The average Bonchev–Trinajstić information content (AvgIpc) is 3.27. The molecule has 1 saturated heterocycles. The van der Waals surface area contributed by atoms with Crippen LogP contribution in [-0.2, 0) is 0 Å². The number of likely N-dealkylation sites (N-methyl/N-ethyl adjacent to an activating group) is 1. The van der Waals surface area contributed by atoms with E-state index in [9.17, 15) is 18.7 Å². The number of hydrogen-bond acceptors (Lipinski definition) is 3. The van der Waals surface area contributed by atoms with Gasteiger partial charge < -0.3 is 20.2 Å². The Morgan fingerprint density at radius 3 is 2.79 bits per heavy atom. The third kappa shape index (κ3) is 3.88. The molecule has 0 saturated carbocycles. The van der Waals surface area contributed by atoms with Crippen molar-refractivity contribution in [2.24, 2.45) is 5.92 Å². The number of anilines is 2. The van der Waals surface area contributed by atoms with Gasteiger partial charge in [-0.2, -0.15) is 0 Å². The number of benzene rings is 2. The number of allylic oxidation sites excluding steroid dienone is 2. The second kappa shape index (κ2) is 8.78. The maximum atomic E-state index is 14.2. The predicted molar refractivity (Wildman–Crippen MR) is 125 cm³/mol. The summed E-state index contributed by atoms with van der Waals surface area (Å²) >= 11 is 0. The van der Waals surface area contributed by atoms with Gasteiger partial charge in [0.15, 0.2) is 0 Å². The van der Waals surface area contributed by atoms with Crippen LogP contribution in [0.1, 0.15) is 49.3 Å². The predicted octanol–water partition coefficient (Wildman–Crippen LogP) is 5.33. The number of fused-ring (bicyclic) bond motifs is 3. The summed E-state index contributed by atoms with van der Waals surface area (Å²) in [6.45, 7) is 0.465. The van der Waals surface area contributed by atoms with Gasteiger partial charge >= 0.3 is 6.03 Å². The van der Waals surface area contributed by atoms with Crippen LogP contribution in [0.15, 0.2) is 42.5 Å². The molecular formula is C26H29F2N3O2. The fourth-order valence-electron chi connectivity index (χ4n) is 5.76. The molecule has 3 aliphatic rings. The third-order valence-corrected chi connectivity index (χ3v) is 7.44. The highest BCUT2D eigenvalue weighted by Gasteiger charge is 2.47. The number of hydrogen-bond donors (Lipinski definition) is 2. The van der Waals surface area contributed by atoms with Crippen LogP contribution in [0.25, 0.3) is 5.57 Å². The van der Waals surface area contributed by atoms with E-state index in [1.54, 1.807) is 4.90 Å². The third-order valence-electron chi connectivity index (χ3n) is 7.44. The lowest BCUT2D eigenvalue weighted by atomic mass is 9.80. The molecule has 7 heteroatoms. The number of halogens is 2. The Bertz CT molecular complexity index is 1100. The molecule has 5 nitrogen and oxygen atoms in total. The summed E-state index contributed by atoms with van der Waals surface area (Å²) in [5.74, 6) is -1.24. The van der Waals surface area contributed by atoms with Crippen molar-refractivity contribution in [3.8, 4) is 0 Å². The van der Waals surface area contributed by atoms with Crippen molar-refractivity contribution in [3.05, 3.63) is 65.2 Å². The van der Waals surface area contributed by atoms with Crippen molar-refractivity contribution in [1.82, 2.24) is 4.90 Å². The summed E-state index contributed by atoms with van der Waals surface area (Å²) in [5, 5.41) is 12.7. The first-order valence-corrected chi connectivity index (χ1v) is 11.7. The first-order chi connectivity index (χ1) is 16.0. The molecule has 2 aromatic carbocycles. The zero-order valence-corrected chi connectivity index (χ0v) is 18.7. The molecule has 33 heavy (non-hydrogen) atoms. The fraction of sp³-hybridized carbons (Fsp3) is 0.423. The number of carbonyl (C=O) groups is 1. The standard InChI is InChI=1S/C26H29F2N3O2/c1-30-23-10-7-17(16-5-3-2-4-6-16)13-20(23)25-19(24(30)15-32)11-12-31(25)26(33)29-22-14-18(27)8-9-21(22)28/h5,7-10,13-14,19,24-25,32H,2-4,6,11-12,15H2,1H3,(H,29,33)/t19-,24+,25-/m0/s1. The molecule has 2 aromatic rings. The first-order valence-electron chi connectivity index (χ1n) is 11.7. The van der Waals surface area contributed by atoms with Crippen LogP contribution < -0.4 is 10.2 Å². The fourth-order valence-corrected chi connectivity index (χ4v) is 5.76. The van der Waals surface area contributed by atoms with E-state index >= 15 is 0 Å². The van der Waals surface area contributed by atoms with Gasteiger partial charge in [-0.15, -0.1) is 0 Å². The summed E-state index contributed by atoms with van der Waals surface area (Å²) in [4.78, 5) is 17.1. The smallest absolute Gasteiger partial charge is 0.322 e. The molecule has 0 aromatic heterocycles. The van der Waals surface area contributed by atoms with Crippen LogP contribution in [0, 0.1) is 17.6 Å². The van der Waals surface area contributed by atoms with Gasteiger partial charge in [0.25, 0.3) is 0 Å². The molecule has 0 spiro atoms. The quantitative estimate of drug-likeness (QED) is 0.661. The summed E-state index contributed by atoms with van der Waals surface area (Å²) in [7, 11) is 1.99. The van der Waals surface area contributed by atoms with Crippen molar-refractivity contribution in [3.63, 3.8) is 0 Å². The minimum absolute atomic E-state index is 0.0159. The highest BCUT2D eigenvalue weighted by molar-refractivity contribution is 5.90. The number of carbonyl (C=O) groups excluding carboxylic acids is 1. The van der Waals surface area contributed by atoms with Gasteiger partial charge in [0.1, 0.15) is 11.6 Å². The number of nitrogens with one attached hydrogen (secondary N) is 1. The molecule has 2 amide bonds. The SMILES string of the molecule is CN1c2ccc(C3=CCCCC3)cc2[C@@H]2[C@@H](CCN2C(=O)Nc2cc(F)ccc2F)[C@H]1CO. The van der Waals surface area contributed by atoms with Crippen LogP contribution in [0.2, 0.25) is 0 Å². The van der Waals surface area contributed by atoms with E-state index in [1.165, 1.54) is 24.0 Å². The van der Waals surface area contributed by atoms with Gasteiger partial charge in [-0.3, -0.25) is 0 Å². The Kier molecular flexibility index (Phi) is 5.83. The molecule has 174 valence electrons. The topological polar surface area (TPSA) is 55.8 Å². The Morgan fingerprint density at radius 1 is 1.18 bits per heavy atom. The number of aliphatic hydroxyl groups excluding tert-OH is 1. The Labute approximate surface area is 192 Å². The van der Waals surface area contributed by atoms with Crippen LogP contribution in [0.5, 0.6) is 0 Å². The van der Waals surface area contributed by atoms with E-state index in [0.29, 0.717) is 6.54 Å². The van der Waals surface area contributed by atoms with E-state index in [-0.39, 0.29) is 30.3 Å². The molecule has 5 rings (SSSR count). The summed E-state index contributed by atoms with van der Waals surface area (Å²) in [6.07, 6.45) is 7.55. The molecule has 0 radical (unpaired) electrons. The van der Waals surface area contributed by atoms with Crippen molar-refractivity contribution in [1.29, 1.82) is 0 Å². The summed E-state index contributed by atoms with van der Waals surface area (Å²) in [5.41, 5.74) is 4.38. The van der Waals surface area contributed by atoms with Gasteiger partial charge in [-0.25, -0.2) is 13.6 Å². The Balaban J connectivity index is 1.52. The van der Waals surface area contributed by atoms with Crippen molar-refractivity contribution >= 4 is 23.0 Å². The normalized spacial score (nSPS) is 24.2. The van der Waals surface area contributed by atoms with E-state index < -0.39 is 17.7 Å². The highest BCUT2D eigenvalue weighted by atomic mass is 19.1. The minimum atomic E-state index is -0.677. The molecule has 3 atom stereocenters. The maximum Gasteiger partial charge on any atom is 0.322 e. The zero-order valence-electron chi connectivity index (χ0n) is 18.7. The Hall–Kier alpha value is -2.93. The van der Waals surface area contributed by atoms with Crippen LogP contribution in [0.3, 0.4) is 0 Å². The van der Waals surface area contributed by atoms with Crippen LogP contribution >= 0.6 is 0 Å². The molecule has 0 bridgehead atoms. The average molecular weight is 454 g/mol. The van der Waals surface area contributed by atoms with Gasteiger partial charge in [-0.05, 0) is 73.1 Å².